The van der Waals surface area contributed by atoms with Crippen LogP contribution in [0.4, 0.5) is 20.2 Å². The van der Waals surface area contributed by atoms with E-state index in [0.717, 1.165) is 12.0 Å². The largest absolute Gasteiger partial charge is 0.493 e. The zero-order valence-electron chi connectivity index (χ0n) is 14.1. The third kappa shape index (κ3) is 3.85. The molecule has 1 unspecified atom stereocenters. The summed E-state index contributed by atoms with van der Waals surface area (Å²) < 4.78 is 39.6. The lowest BCUT2D eigenvalue weighted by molar-refractivity contribution is 0.0898. The van der Waals surface area contributed by atoms with Crippen LogP contribution in [0.15, 0.2) is 24.3 Å². The van der Waals surface area contributed by atoms with E-state index < -0.39 is 11.6 Å². The molecule has 0 spiro atoms. The molecule has 0 bridgehead atoms. The highest BCUT2D eigenvalue weighted by Gasteiger charge is 2.25. The van der Waals surface area contributed by atoms with Gasteiger partial charge in [-0.05, 0) is 35.6 Å². The van der Waals surface area contributed by atoms with Gasteiger partial charge in [-0.15, -0.1) is 0 Å². The van der Waals surface area contributed by atoms with Gasteiger partial charge in [0.25, 0.3) is 0 Å². The Bertz CT molecular complexity index is 760. The lowest BCUT2D eigenvalue weighted by atomic mass is 9.87. The number of anilines is 2. The summed E-state index contributed by atoms with van der Waals surface area (Å²) in [6.45, 7) is 0.207. The predicted molar refractivity (Wildman–Crippen MR) is 93.6 cm³/mol. The number of benzene rings is 2. The standard InChI is InChI=1S/C19H22F2N2O2/c1-24-15-3-2-11-6-12(18(20)19(21)17(11)10-15)4-5-25-16-8-13(22)7-14(23)9-16/h6-9,15H,2-5,10,22-23H2,1H3. The van der Waals surface area contributed by atoms with E-state index in [2.05, 4.69) is 0 Å². The first-order valence-corrected chi connectivity index (χ1v) is 8.28. The lowest BCUT2D eigenvalue weighted by Gasteiger charge is -2.25. The first-order valence-electron chi connectivity index (χ1n) is 8.28. The van der Waals surface area contributed by atoms with Gasteiger partial charge < -0.3 is 20.9 Å². The minimum atomic E-state index is -0.800. The number of aryl methyl sites for hydroxylation is 1. The summed E-state index contributed by atoms with van der Waals surface area (Å²) >= 11 is 0. The number of hydrogen-bond acceptors (Lipinski definition) is 4. The monoisotopic (exact) mass is 348 g/mol. The van der Waals surface area contributed by atoms with Crippen molar-refractivity contribution in [1.29, 1.82) is 0 Å². The van der Waals surface area contributed by atoms with Crippen molar-refractivity contribution in [3.63, 3.8) is 0 Å². The van der Waals surface area contributed by atoms with Crippen molar-refractivity contribution in [2.75, 3.05) is 25.2 Å². The van der Waals surface area contributed by atoms with Gasteiger partial charge >= 0.3 is 0 Å². The van der Waals surface area contributed by atoms with E-state index in [-0.39, 0.29) is 19.1 Å². The number of fused-ring (bicyclic) bond motifs is 1. The molecule has 0 saturated heterocycles. The van der Waals surface area contributed by atoms with Crippen LogP contribution in [0.1, 0.15) is 23.1 Å². The van der Waals surface area contributed by atoms with Gasteiger partial charge in [-0.3, -0.25) is 0 Å². The topological polar surface area (TPSA) is 70.5 Å². The van der Waals surface area contributed by atoms with Crippen LogP contribution in [0.3, 0.4) is 0 Å². The Morgan fingerprint density at radius 2 is 1.80 bits per heavy atom. The van der Waals surface area contributed by atoms with Crippen LogP contribution in [0.25, 0.3) is 0 Å². The van der Waals surface area contributed by atoms with Crippen LogP contribution >= 0.6 is 0 Å². The van der Waals surface area contributed by atoms with Crippen LogP contribution in [0.5, 0.6) is 5.75 Å². The van der Waals surface area contributed by atoms with Crippen molar-refractivity contribution < 1.29 is 18.3 Å². The number of nitrogen functional groups attached to an aromatic ring is 2. The number of methoxy groups -OCH3 is 1. The molecule has 3 rings (SSSR count). The number of rotatable bonds is 5. The van der Waals surface area contributed by atoms with Crippen LogP contribution in [-0.4, -0.2) is 19.8 Å². The van der Waals surface area contributed by atoms with Crippen LogP contribution in [-0.2, 0) is 24.0 Å². The lowest BCUT2D eigenvalue weighted by Crippen LogP contribution is -2.23. The summed E-state index contributed by atoms with van der Waals surface area (Å²) in [4.78, 5) is 0. The second-order valence-electron chi connectivity index (χ2n) is 6.34. The summed E-state index contributed by atoms with van der Waals surface area (Å²) in [7, 11) is 1.60. The van der Waals surface area contributed by atoms with Gasteiger partial charge in [0.15, 0.2) is 11.6 Å². The van der Waals surface area contributed by atoms with Gasteiger partial charge in [0.1, 0.15) is 5.75 Å². The fraction of sp³-hybridized carbons (Fsp3) is 0.368. The summed E-state index contributed by atoms with van der Waals surface area (Å²) in [5, 5.41) is 0. The Balaban J connectivity index is 1.72. The van der Waals surface area contributed by atoms with Gasteiger partial charge in [0.05, 0.1) is 12.7 Å². The molecule has 0 radical (unpaired) electrons. The van der Waals surface area contributed by atoms with Crippen LogP contribution in [0, 0.1) is 11.6 Å². The molecule has 4 nitrogen and oxygen atoms in total. The Kier molecular flexibility index (Phi) is 5.08. The van der Waals surface area contributed by atoms with Gasteiger partial charge in [0, 0.05) is 43.5 Å². The molecular weight excluding hydrogens is 326 g/mol. The molecule has 0 aliphatic heterocycles. The van der Waals surface area contributed by atoms with Gasteiger partial charge in [0.2, 0.25) is 0 Å². The highest BCUT2D eigenvalue weighted by Crippen LogP contribution is 2.29. The van der Waals surface area contributed by atoms with E-state index in [9.17, 15) is 8.78 Å². The van der Waals surface area contributed by atoms with E-state index in [1.807, 2.05) is 0 Å². The van der Waals surface area contributed by atoms with Gasteiger partial charge in [-0.2, -0.15) is 0 Å². The maximum atomic E-state index is 14.4. The molecule has 0 saturated carbocycles. The van der Waals surface area contributed by atoms with Crippen molar-refractivity contribution in [3.05, 3.63) is 52.6 Å². The second kappa shape index (κ2) is 7.27. The Hall–Kier alpha value is -2.34. The zero-order chi connectivity index (χ0) is 18.0. The molecule has 4 N–H and O–H groups in total. The van der Waals surface area contributed by atoms with Crippen molar-refractivity contribution in [1.82, 2.24) is 0 Å². The van der Waals surface area contributed by atoms with Crippen molar-refractivity contribution in [3.8, 4) is 5.75 Å². The average Bonchev–Trinajstić information content (AvgIpc) is 2.58. The minimum Gasteiger partial charge on any atom is -0.493 e. The van der Waals surface area contributed by atoms with E-state index in [4.69, 9.17) is 20.9 Å². The van der Waals surface area contributed by atoms with Crippen molar-refractivity contribution in [2.24, 2.45) is 0 Å². The van der Waals surface area contributed by atoms with E-state index in [0.29, 0.717) is 41.1 Å². The van der Waals surface area contributed by atoms with Gasteiger partial charge in [-0.25, -0.2) is 8.78 Å². The average molecular weight is 348 g/mol. The third-order valence-corrected chi connectivity index (χ3v) is 4.57. The number of ether oxygens (including phenoxy) is 2. The smallest absolute Gasteiger partial charge is 0.162 e. The van der Waals surface area contributed by atoms with Crippen LogP contribution < -0.4 is 16.2 Å². The van der Waals surface area contributed by atoms with Crippen molar-refractivity contribution >= 4 is 11.4 Å². The quantitative estimate of drug-likeness (QED) is 0.814. The Morgan fingerprint density at radius 3 is 2.48 bits per heavy atom. The molecule has 2 aromatic carbocycles. The number of hydrogen-bond donors (Lipinski definition) is 2. The van der Waals surface area contributed by atoms with Crippen LogP contribution in [0.2, 0.25) is 0 Å². The molecule has 0 heterocycles. The number of halogens is 2. The number of nitrogens with two attached hydrogens (primary N) is 2. The second-order valence-corrected chi connectivity index (χ2v) is 6.34. The first-order chi connectivity index (χ1) is 12.0. The first kappa shape index (κ1) is 17.5. The molecule has 1 aliphatic carbocycles. The maximum absolute atomic E-state index is 14.4. The molecule has 0 aromatic heterocycles. The highest BCUT2D eigenvalue weighted by atomic mass is 19.2. The summed E-state index contributed by atoms with van der Waals surface area (Å²) in [5.74, 6) is -1.05. The van der Waals surface area contributed by atoms with Gasteiger partial charge in [-0.1, -0.05) is 6.07 Å². The summed E-state index contributed by atoms with van der Waals surface area (Å²) in [6, 6.07) is 6.66. The molecule has 1 aliphatic rings. The molecule has 25 heavy (non-hydrogen) atoms. The molecule has 134 valence electrons. The minimum absolute atomic E-state index is 0.0513. The molecular formula is C19H22F2N2O2. The van der Waals surface area contributed by atoms with E-state index in [1.54, 1.807) is 31.4 Å². The highest BCUT2D eigenvalue weighted by molar-refractivity contribution is 5.56. The molecule has 0 amide bonds. The fourth-order valence-corrected chi connectivity index (χ4v) is 3.26. The maximum Gasteiger partial charge on any atom is 0.162 e. The van der Waals surface area contributed by atoms with Crippen molar-refractivity contribution in [2.45, 2.75) is 31.8 Å². The molecule has 6 heteroatoms. The van der Waals surface area contributed by atoms with E-state index in [1.165, 1.54) is 0 Å². The normalized spacial score (nSPS) is 16.5. The summed E-state index contributed by atoms with van der Waals surface area (Å²) in [6.07, 6.45) is 2.12. The zero-order valence-corrected chi connectivity index (χ0v) is 14.1. The molecule has 0 fully saturated rings. The van der Waals surface area contributed by atoms with E-state index >= 15 is 0 Å². The summed E-state index contributed by atoms with van der Waals surface area (Å²) in [5.41, 5.74) is 14.0. The third-order valence-electron chi connectivity index (χ3n) is 4.57. The Labute approximate surface area is 145 Å². The SMILES string of the molecule is COC1CCc2cc(CCOc3cc(N)cc(N)c3)c(F)c(F)c2C1. The molecule has 1 atom stereocenters. The Morgan fingerprint density at radius 1 is 1.08 bits per heavy atom. The predicted octanol–water partition coefficient (Wildman–Crippen LogP) is 3.25. The fourth-order valence-electron chi connectivity index (χ4n) is 3.26. The molecule has 2 aromatic rings.